The van der Waals surface area contributed by atoms with Gasteiger partial charge in [0.2, 0.25) is 0 Å². The van der Waals surface area contributed by atoms with E-state index in [1.54, 1.807) is 24.3 Å². The van der Waals surface area contributed by atoms with Gasteiger partial charge in [-0.15, -0.1) is 0 Å². The highest BCUT2D eigenvalue weighted by Crippen LogP contribution is 2.19. The summed E-state index contributed by atoms with van der Waals surface area (Å²) in [5.41, 5.74) is 14.7. The molecule has 0 saturated heterocycles. The average Bonchev–Trinajstić information content (AvgIpc) is 2.97. The SMILES string of the molecule is Nc1ccc(S(=O)(=O)Nc2cnc3ccccc3n2)cc1.Nc1ccc(S(=O)(=O)Nc2cnc3ccccc3n2)cc1. The molecule has 0 spiro atoms. The third kappa shape index (κ3) is 6.68. The van der Waals surface area contributed by atoms with E-state index in [1.807, 2.05) is 24.3 Å². The Labute approximate surface area is 241 Å². The number of nitrogens with zero attached hydrogens (tertiary/aromatic N) is 4. The number of sulfonamides is 2. The van der Waals surface area contributed by atoms with Crippen LogP contribution in [0.3, 0.4) is 0 Å². The van der Waals surface area contributed by atoms with Gasteiger partial charge in [0, 0.05) is 11.4 Å². The van der Waals surface area contributed by atoms with E-state index in [0.717, 1.165) is 0 Å². The topological polar surface area (TPSA) is 196 Å². The molecule has 0 radical (unpaired) electrons. The van der Waals surface area contributed by atoms with E-state index in [0.29, 0.717) is 33.4 Å². The van der Waals surface area contributed by atoms with E-state index in [-0.39, 0.29) is 21.4 Å². The van der Waals surface area contributed by atoms with Crippen LogP contribution in [0.2, 0.25) is 0 Å². The Morgan fingerprint density at radius 2 is 0.810 bits per heavy atom. The summed E-state index contributed by atoms with van der Waals surface area (Å²) in [7, 11) is -7.41. The predicted molar refractivity (Wildman–Crippen MR) is 162 cm³/mol. The monoisotopic (exact) mass is 600 g/mol. The summed E-state index contributed by atoms with van der Waals surface area (Å²) in [4.78, 5) is 17.0. The third-order valence-corrected chi connectivity index (χ3v) is 8.50. The number of nitrogen functional groups attached to an aromatic ring is 2. The molecule has 2 heterocycles. The fourth-order valence-electron chi connectivity index (χ4n) is 3.70. The molecule has 0 aliphatic heterocycles. The number of nitrogens with two attached hydrogens (primary N) is 2. The Hall–Kier alpha value is -5.34. The summed E-state index contributed by atoms with van der Waals surface area (Å²) < 4.78 is 53.7. The number of hydrogen-bond donors (Lipinski definition) is 4. The van der Waals surface area contributed by atoms with E-state index in [1.165, 1.54) is 60.9 Å². The molecule has 0 aliphatic carbocycles. The van der Waals surface area contributed by atoms with Gasteiger partial charge < -0.3 is 11.5 Å². The lowest BCUT2D eigenvalue weighted by molar-refractivity contribution is 0.599. The lowest BCUT2D eigenvalue weighted by Gasteiger charge is -2.08. The molecule has 6 rings (SSSR count). The summed E-state index contributed by atoms with van der Waals surface area (Å²) in [6.07, 6.45) is 2.77. The molecule has 2 aromatic heterocycles. The van der Waals surface area contributed by atoms with Crippen molar-refractivity contribution >= 4 is 65.1 Å². The maximum atomic E-state index is 12.2. The lowest BCUT2D eigenvalue weighted by atomic mass is 10.3. The lowest BCUT2D eigenvalue weighted by Crippen LogP contribution is -2.14. The van der Waals surface area contributed by atoms with E-state index in [9.17, 15) is 16.8 Å². The summed E-state index contributed by atoms with van der Waals surface area (Å²) in [5, 5.41) is 0. The van der Waals surface area contributed by atoms with Crippen LogP contribution in [0.5, 0.6) is 0 Å². The molecule has 0 aliphatic rings. The first-order chi connectivity index (χ1) is 20.1. The molecular formula is C28H24N8O4S2. The molecule has 0 bridgehead atoms. The van der Waals surface area contributed by atoms with Gasteiger partial charge >= 0.3 is 0 Å². The molecule has 6 N–H and O–H groups in total. The van der Waals surface area contributed by atoms with Gasteiger partial charge in [-0.3, -0.25) is 19.4 Å². The van der Waals surface area contributed by atoms with Gasteiger partial charge in [0.05, 0.1) is 44.3 Å². The molecular weight excluding hydrogens is 576 g/mol. The molecule has 212 valence electrons. The van der Waals surface area contributed by atoms with Gasteiger partial charge in [0.15, 0.2) is 11.6 Å². The second-order valence-corrected chi connectivity index (χ2v) is 12.2. The first-order valence-corrected chi connectivity index (χ1v) is 15.3. The van der Waals surface area contributed by atoms with Crippen molar-refractivity contribution in [1.82, 2.24) is 19.9 Å². The maximum absolute atomic E-state index is 12.2. The second-order valence-electron chi connectivity index (χ2n) is 8.84. The van der Waals surface area contributed by atoms with Crippen molar-refractivity contribution in [3.05, 3.63) is 109 Å². The van der Waals surface area contributed by atoms with Crippen molar-refractivity contribution in [2.75, 3.05) is 20.9 Å². The zero-order chi connectivity index (χ0) is 29.7. The Balaban J connectivity index is 0.000000168. The second kappa shape index (κ2) is 11.6. The normalized spacial score (nSPS) is 11.4. The minimum atomic E-state index is -3.71. The molecule has 0 saturated carbocycles. The van der Waals surface area contributed by atoms with Gasteiger partial charge in [0.25, 0.3) is 20.0 Å². The molecule has 14 heteroatoms. The number of rotatable bonds is 6. The number of aromatic nitrogens is 4. The fraction of sp³-hybridized carbons (Fsp3) is 0. The Morgan fingerprint density at radius 1 is 0.476 bits per heavy atom. The molecule has 6 aromatic rings. The Morgan fingerprint density at radius 3 is 1.17 bits per heavy atom. The highest BCUT2D eigenvalue weighted by atomic mass is 32.2. The number of anilines is 4. The van der Waals surface area contributed by atoms with Crippen molar-refractivity contribution in [3.8, 4) is 0 Å². The van der Waals surface area contributed by atoms with Gasteiger partial charge in [0.1, 0.15) is 0 Å². The van der Waals surface area contributed by atoms with E-state index in [2.05, 4.69) is 29.4 Å². The first kappa shape index (κ1) is 28.2. The highest BCUT2D eigenvalue weighted by Gasteiger charge is 2.16. The zero-order valence-electron chi connectivity index (χ0n) is 21.8. The van der Waals surface area contributed by atoms with Crippen LogP contribution in [0.1, 0.15) is 0 Å². The first-order valence-electron chi connectivity index (χ1n) is 12.3. The minimum Gasteiger partial charge on any atom is -0.399 e. The molecule has 0 unspecified atom stereocenters. The van der Waals surface area contributed by atoms with Crippen LogP contribution in [-0.2, 0) is 20.0 Å². The molecule has 0 fully saturated rings. The van der Waals surface area contributed by atoms with Crippen LogP contribution in [-0.4, -0.2) is 36.8 Å². The molecule has 0 atom stereocenters. The summed E-state index contributed by atoms with van der Waals surface area (Å²) >= 11 is 0. The van der Waals surface area contributed by atoms with Gasteiger partial charge in [-0.25, -0.2) is 26.8 Å². The maximum Gasteiger partial charge on any atom is 0.263 e. The summed E-state index contributed by atoms with van der Waals surface area (Å²) in [6.45, 7) is 0. The fourth-order valence-corrected chi connectivity index (χ4v) is 5.67. The Bertz CT molecular complexity index is 1940. The summed E-state index contributed by atoms with van der Waals surface area (Å²) in [6, 6.07) is 26.3. The van der Waals surface area contributed by atoms with Crippen LogP contribution in [0.15, 0.2) is 119 Å². The van der Waals surface area contributed by atoms with E-state index in [4.69, 9.17) is 11.5 Å². The van der Waals surface area contributed by atoms with Gasteiger partial charge in [-0.2, -0.15) is 0 Å². The third-order valence-electron chi connectivity index (χ3n) is 5.76. The van der Waals surface area contributed by atoms with Crippen LogP contribution in [0, 0.1) is 0 Å². The van der Waals surface area contributed by atoms with Crippen molar-refractivity contribution in [2.24, 2.45) is 0 Å². The molecule has 12 nitrogen and oxygen atoms in total. The molecule has 42 heavy (non-hydrogen) atoms. The quantitative estimate of drug-likeness (QED) is 0.203. The van der Waals surface area contributed by atoms with Crippen LogP contribution in [0.4, 0.5) is 23.0 Å². The number of benzene rings is 4. The standard InChI is InChI=1S/2C14H12N4O2S/c2*15-10-5-7-11(8-6-10)21(19,20)18-14-9-16-12-3-1-2-4-13(12)17-14/h2*1-9H,15H2,(H,17,18). The number of fused-ring (bicyclic) bond motifs is 2. The molecule has 4 aromatic carbocycles. The van der Waals surface area contributed by atoms with E-state index < -0.39 is 20.0 Å². The largest absolute Gasteiger partial charge is 0.399 e. The van der Waals surface area contributed by atoms with Crippen LogP contribution >= 0.6 is 0 Å². The highest BCUT2D eigenvalue weighted by molar-refractivity contribution is 7.93. The van der Waals surface area contributed by atoms with Crippen molar-refractivity contribution < 1.29 is 16.8 Å². The number of para-hydroxylation sites is 4. The van der Waals surface area contributed by atoms with Gasteiger partial charge in [-0.05, 0) is 72.8 Å². The zero-order valence-corrected chi connectivity index (χ0v) is 23.4. The van der Waals surface area contributed by atoms with Crippen molar-refractivity contribution in [1.29, 1.82) is 0 Å². The van der Waals surface area contributed by atoms with Crippen molar-refractivity contribution in [3.63, 3.8) is 0 Å². The van der Waals surface area contributed by atoms with Crippen LogP contribution in [0.25, 0.3) is 22.1 Å². The number of hydrogen-bond acceptors (Lipinski definition) is 10. The predicted octanol–water partition coefficient (Wildman–Crippen LogP) is 4.03. The molecule has 0 amide bonds. The average molecular weight is 601 g/mol. The van der Waals surface area contributed by atoms with E-state index >= 15 is 0 Å². The summed E-state index contributed by atoms with van der Waals surface area (Å²) in [5.74, 6) is 0.344. The smallest absolute Gasteiger partial charge is 0.263 e. The minimum absolute atomic E-state index is 0.117. The number of nitrogens with one attached hydrogen (secondary N) is 2. The van der Waals surface area contributed by atoms with Crippen molar-refractivity contribution in [2.45, 2.75) is 9.79 Å². The van der Waals surface area contributed by atoms with Crippen LogP contribution < -0.4 is 20.9 Å². The Kier molecular flexibility index (Phi) is 7.82. The van der Waals surface area contributed by atoms with Gasteiger partial charge in [-0.1, -0.05) is 24.3 Å².